The molecule has 112 valence electrons. The minimum atomic E-state index is -0.559. The number of anilines is 1. The second-order valence-corrected chi connectivity index (χ2v) is 6.32. The largest absolute Gasteiger partial charge is 0.508 e. The zero-order valence-corrected chi connectivity index (χ0v) is 14.3. The van der Waals surface area contributed by atoms with Crippen LogP contribution in [0.5, 0.6) is 5.75 Å². The molecular weight excluding hydrogens is 408 g/mol. The number of phenols is 1. The first-order valence-corrected chi connectivity index (χ1v) is 7.90. The van der Waals surface area contributed by atoms with Crippen LogP contribution in [0.25, 0.3) is 0 Å². The van der Waals surface area contributed by atoms with Crippen LogP contribution in [0.15, 0.2) is 39.3 Å². The van der Waals surface area contributed by atoms with E-state index in [1.54, 1.807) is 18.2 Å². The lowest BCUT2D eigenvalue weighted by Crippen LogP contribution is -2.11. The number of hydrogen-bond donors (Lipinski definition) is 2. The molecule has 0 spiro atoms. The van der Waals surface area contributed by atoms with Gasteiger partial charge in [0.1, 0.15) is 17.4 Å². The van der Waals surface area contributed by atoms with Crippen LogP contribution in [0.3, 0.4) is 0 Å². The number of halogens is 4. The number of nitrogens with one attached hydrogen (secondary N) is 1. The van der Waals surface area contributed by atoms with Crippen LogP contribution in [0.1, 0.15) is 24.9 Å². The maximum atomic E-state index is 13.9. The van der Waals surface area contributed by atoms with Gasteiger partial charge in [-0.2, -0.15) is 0 Å². The molecule has 0 bridgehead atoms. The molecule has 21 heavy (non-hydrogen) atoms. The first kappa shape index (κ1) is 16.2. The summed E-state index contributed by atoms with van der Waals surface area (Å²) in [5.41, 5.74) is 0.677. The Hall–Kier alpha value is -1.14. The van der Waals surface area contributed by atoms with E-state index in [9.17, 15) is 13.9 Å². The van der Waals surface area contributed by atoms with Gasteiger partial charge in [0.2, 0.25) is 0 Å². The molecule has 2 nitrogen and oxygen atoms in total. The third-order valence-electron chi connectivity index (χ3n) is 3.11. The van der Waals surface area contributed by atoms with Crippen LogP contribution >= 0.6 is 31.9 Å². The van der Waals surface area contributed by atoms with Crippen LogP contribution in [-0.4, -0.2) is 5.11 Å². The standard InChI is InChI=1S/C15H13Br2F2NO/c1-2-13(9-5-8(16)3-4-15(9)21)20-14-7-11(18)10(17)6-12(14)19/h3-7,13,20-21H,2H2,1H3. The summed E-state index contributed by atoms with van der Waals surface area (Å²) < 4.78 is 28.3. The van der Waals surface area contributed by atoms with Gasteiger partial charge in [0, 0.05) is 16.1 Å². The van der Waals surface area contributed by atoms with E-state index in [4.69, 9.17) is 0 Å². The van der Waals surface area contributed by atoms with Gasteiger partial charge in [0.15, 0.2) is 0 Å². The monoisotopic (exact) mass is 419 g/mol. The summed E-state index contributed by atoms with van der Waals surface area (Å²) >= 11 is 6.28. The minimum Gasteiger partial charge on any atom is -0.508 e. The van der Waals surface area contributed by atoms with Gasteiger partial charge in [-0.25, -0.2) is 8.78 Å². The topological polar surface area (TPSA) is 32.3 Å². The van der Waals surface area contributed by atoms with E-state index < -0.39 is 11.6 Å². The molecule has 1 atom stereocenters. The number of aromatic hydroxyl groups is 1. The number of benzene rings is 2. The van der Waals surface area contributed by atoms with Gasteiger partial charge in [-0.05, 0) is 46.6 Å². The smallest absolute Gasteiger partial charge is 0.147 e. The van der Waals surface area contributed by atoms with Crippen LogP contribution < -0.4 is 5.32 Å². The Morgan fingerprint density at radius 1 is 1.14 bits per heavy atom. The van der Waals surface area contributed by atoms with Gasteiger partial charge in [0.25, 0.3) is 0 Å². The highest BCUT2D eigenvalue weighted by molar-refractivity contribution is 9.10. The van der Waals surface area contributed by atoms with E-state index in [1.807, 2.05) is 6.92 Å². The van der Waals surface area contributed by atoms with Crippen LogP contribution in [0, 0.1) is 11.6 Å². The van der Waals surface area contributed by atoms with Crippen molar-refractivity contribution >= 4 is 37.5 Å². The highest BCUT2D eigenvalue weighted by Gasteiger charge is 2.17. The maximum Gasteiger partial charge on any atom is 0.147 e. The van der Waals surface area contributed by atoms with Crippen LogP contribution in [0.4, 0.5) is 14.5 Å². The first-order chi connectivity index (χ1) is 9.92. The lowest BCUT2D eigenvalue weighted by Gasteiger charge is -2.20. The van der Waals surface area contributed by atoms with Crippen LogP contribution in [-0.2, 0) is 0 Å². The maximum absolute atomic E-state index is 13.9. The molecule has 0 aliphatic carbocycles. The Morgan fingerprint density at radius 2 is 1.86 bits per heavy atom. The van der Waals surface area contributed by atoms with E-state index in [2.05, 4.69) is 37.2 Å². The summed E-state index contributed by atoms with van der Waals surface area (Å²) in [4.78, 5) is 0. The van der Waals surface area contributed by atoms with E-state index >= 15 is 0 Å². The first-order valence-electron chi connectivity index (χ1n) is 6.31. The molecule has 1 unspecified atom stereocenters. The second kappa shape index (κ2) is 6.75. The fourth-order valence-corrected chi connectivity index (χ4v) is 2.72. The van der Waals surface area contributed by atoms with Crippen LogP contribution in [0.2, 0.25) is 0 Å². The molecule has 0 saturated carbocycles. The lowest BCUT2D eigenvalue weighted by atomic mass is 10.0. The van der Waals surface area contributed by atoms with Gasteiger partial charge < -0.3 is 10.4 Å². The summed E-state index contributed by atoms with van der Waals surface area (Å²) in [5.74, 6) is -1.00. The summed E-state index contributed by atoms with van der Waals surface area (Å²) in [6.07, 6.45) is 0.598. The van der Waals surface area contributed by atoms with Gasteiger partial charge in [-0.3, -0.25) is 0 Å². The Labute approximate surface area is 138 Å². The molecule has 0 aromatic heterocycles. The van der Waals surface area contributed by atoms with Crippen molar-refractivity contribution in [3.8, 4) is 5.75 Å². The highest BCUT2D eigenvalue weighted by atomic mass is 79.9. The van der Waals surface area contributed by atoms with Crippen molar-refractivity contribution in [2.75, 3.05) is 5.32 Å². The predicted octanol–water partition coefficient (Wildman–Crippen LogP) is 5.76. The fourth-order valence-electron chi connectivity index (χ4n) is 2.03. The molecule has 0 aliphatic heterocycles. The molecule has 2 aromatic rings. The molecule has 2 N–H and O–H groups in total. The average Bonchev–Trinajstić information content (AvgIpc) is 2.44. The van der Waals surface area contributed by atoms with E-state index in [1.165, 1.54) is 0 Å². The van der Waals surface area contributed by atoms with Crippen molar-refractivity contribution in [3.63, 3.8) is 0 Å². The molecule has 0 heterocycles. The minimum absolute atomic E-state index is 0.0573. The molecule has 2 rings (SSSR count). The zero-order valence-electron chi connectivity index (χ0n) is 11.1. The predicted molar refractivity (Wildman–Crippen MR) is 86.5 cm³/mol. The summed E-state index contributed by atoms with van der Waals surface area (Å²) in [6.45, 7) is 1.89. The molecule has 0 saturated heterocycles. The van der Waals surface area contributed by atoms with Crippen molar-refractivity contribution in [1.82, 2.24) is 0 Å². The summed E-state index contributed by atoms with van der Waals surface area (Å²) in [6, 6.07) is 6.86. The third kappa shape index (κ3) is 3.74. The second-order valence-electron chi connectivity index (χ2n) is 4.55. The van der Waals surface area contributed by atoms with Gasteiger partial charge in [-0.15, -0.1) is 0 Å². The normalized spacial score (nSPS) is 12.2. The third-order valence-corrected chi connectivity index (χ3v) is 4.21. The van der Waals surface area contributed by atoms with Crippen molar-refractivity contribution in [1.29, 1.82) is 0 Å². The molecular formula is C15H13Br2F2NO. The Kier molecular flexibility index (Phi) is 5.22. The van der Waals surface area contributed by atoms with E-state index in [-0.39, 0.29) is 22.0 Å². The Morgan fingerprint density at radius 3 is 2.52 bits per heavy atom. The fraction of sp³-hybridized carbons (Fsp3) is 0.200. The summed E-state index contributed by atoms with van der Waals surface area (Å²) in [7, 11) is 0. The molecule has 0 fully saturated rings. The molecule has 2 aromatic carbocycles. The number of rotatable bonds is 4. The average molecular weight is 421 g/mol. The van der Waals surface area contributed by atoms with Crippen molar-refractivity contribution < 1.29 is 13.9 Å². The Balaban J connectivity index is 2.35. The molecule has 0 amide bonds. The van der Waals surface area contributed by atoms with Crippen molar-refractivity contribution in [3.05, 3.63) is 56.5 Å². The van der Waals surface area contributed by atoms with E-state index in [0.29, 0.717) is 12.0 Å². The lowest BCUT2D eigenvalue weighted by molar-refractivity contribution is 0.462. The van der Waals surface area contributed by atoms with Gasteiger partial charge in [0.05, 0.1) is 16.2 Å². The van der Waals surface area contributed by atoms with Crippen molar-refractivity contribution in [2.24, 2.45) is 0 Å². The quantitative estimate of drug-likeness (QED) is 0.616. The number of phenolic OH excluding ortho intramolecular Hbond substituents is 1. The molecule has 0 radical (unpaired) electrons. The SMILES string of the molecule is CCC(Nc1cc(F)c(Br)cc1F)c1cc(Br)ccc1O. The molecule has 0 aliphatic rings. The van der Waals surface area contributed by atoms with Crippen molar-refractivity contribution in [2.45, 2.75) is 19.4 Å². The zero-order chi connectivity index (χ0) is 15.6. The van der Waals surface area contributed by atoms with Gasteiger partial charge >= 0.3 is 0 Å². The molecule has 6 heteroatoms. The van der Waals surface area contributed by atoms with E-state index in [0.717, 1.165) is 16.6 Å². The summed E-state index contributed by atoms with van der Waals surface area (Å²) in [5, 5.41) is 12.9. The Bertz CT molecular complexity index is 664. The number of hydrogen-bond acceptors (Lipinski definition) is 2. The van der Waals surface area contributed by atoms with Gasteiger partial charge in [-0.1, -0.05) is 22.9 Å². The highest BCUT2D eigenvalue weighted by Crippen LogP contribution is 2.33.